The third kappa shape index (κ3) is 8.18. The molecule has 1 aliphatic rings. The summed E-state index contributed by atoms with van der Waals surface area (Å²) in [6, 6.07) is 9.30. The molecule has 27 heavy (non-hydrogen) atoms. The summed E-state index contributed by atoms with van der Waals surface area (Å²) in [5.74, 6) is 1.73. The summed E-state index contributed by atoms with van der Waals surface area (Å²) < 4.78 is 10.6. The van der Waals surface area contributed by atoms with Crippen molar-refractivity contribution in [3.8, 4) is 5.75 Å². The summed E-state index contributed by atoms with van der Waals surface area (Å²) in [7, 11) is 3.90. The van der Waals surface area contributed by atoms with Gasteiger partial charge in [-0.2, -0.15) is 0 Å². The Morgan fingerprint density at radius 2 is 2.00 bits per heavy atom. The predicted molar refractivity (Wildman–Crippen MR) is 111 cm³/mol. The lowest BCUT2D eigenvalue weighted by Gasteiger charge is -2.25. The number of rotatable bonds is 12. The quantitative estimate of drug-likeness (QED) is 0.334. The lowest BCUT2D eigenvalue weighted by molar-refractivity contribution is 0.145. The summed E-state index contributed by atoms with van der Waals surface area (Å²) in [5, 5.41) is 6.92. The van der Waals surface area contributed by atoms with Crippen LogP contribution in [0.1, 0.15) is 38.7 Å². The summed E-state index contributed by atoms with van der Waals surface area (Å²) in [4.78, 5) is 7.21. The van der Waals surface area contributed by atoms with Gasteiger partial charge in [-0.15, -0.1) is 0 Å². The van der Waals surface area contributed by atoms with Gasteiger partial charge in [0.15, 0.2) is 5.96 Å². The summed E-state index contributed by atoms with van der Waals surface area (Å²) in [6.45, 7) is 8.19. The van der Waals surface area contributed by atoms with Gasteiger partial charge in [-0.25, -0.2) is 4.99 Å². The van der Waals surface area contributed by atoms with Gasteiger partial charge in [0, 0.05) is 38.4 Å². The first-order valence-electron chi connectivity index (χ1n) is 10.1. The van der Waals surface area contributed by atoms with Crippen LogP contribution in [-0.2, 0) is 11.3 Å². The SMILES string of the molecule is CCOCCCNC(=NCc1ccc(OC)cc1)NCC(C)N(C)C1CC1. The third-order valence-corrected chi connectivity index (χ3v) is 4.92. The second-order valence-corrected chi connectivity index (χ2v) is 7.12. The van der Waals surface area contributed by atoms with E-state index in [1.807, 2.05) is 19.1 Å². The Labute approximate surface area is 164 Å². The van der Waals surface area contributed by atoms with Gasteiger partial charge in [-0.05, 0) is 57.9 Å². The molecular weight excluding hydrogens is 340 g/mol. The van der Waals surface area contributed by atoms with Crippen LogP contribution in [0.2, 0.25) is 0 Å². The van der Waals surface area contributed by atoms with Crippen LogP contribution in [-0.4, -0.2) is 63.4 Å². The molecule has 152 valence electrons. The van der Waals surface area contributed by atoms with Gasteiger partial charge < -0.3 is 20.1 Å². The molecule has 2 rings (SSSR count). The smallest absolute Gasteiger partial charge is 0.191 e. The molecule has 2 N–H and O–H groups in total. The van der Waals surface area contributed by atoms with Crippen molar-refractivity contribution in [1.29, 1.82) is 0 Å². The van der Waals surface area contributed by atoms with Crippen molar-refractivity contribution in [3.05, 3.63) is 29.8 Å². The lowest BCUT2D eigenvalue weighted by Crippen LogP contribution is -2.45. The van der Waals surface area contributed by atoms with E-state index >= 15 is 0 Å². The topological polar surface area (TPSA) is 58.1 Å². The van der Waals surface area contributed by atoms with Crippen molar-refractivity contribution in [3.63, 3.8) is 0 Å². The highest BCUT2D eigenvalue weighted by molar-refractivity contribution is 5.79. The van der Waals surface area contributed by atoms with Gasteiger partial charge in [-0.3, -0.25) is 4.90 Å². The van der Waals surface area contributed by atoms with Gasteiger partial charge in [0.2, 0.25) is 0 Å². The van der Waals surface area contributed by atoms with E-state index in [1.54, 1.807) is 7.11 Å². The zero-order chi connectivity index (χ0) is 19.5. The van der Waals surface area contributed by atoms with Crippen molar-refractivity contribution in [2.45, 2.75) is 51.7 Å². The van der Waals surface area contributed by atoms with Crippen LogP contribution < -0.4 is 15.4 Å². The number of benzene rings is 1. The number of methoxy groups -OCH3 is 1. The standard InChI is InChI=1S/C21H36N4O2/c1-5-27-14-6-13-22-21(23-15-17(2)25(3)19-9-10-19)24-16-18-7-11-20(26-4)12-8-18/h7-8,11-12,17,19H,5-6,9-10,13-16H2,1-4H3,(H2,22,23,24). The Balaban J connectivity index is 1.85. The first-order chi connectivity index (χ1) is 13.1. The number of guanidine groups is 1. The van der Waals surface area contributed by atoms with Gasteiger partial charge >= 0.3 is 0 Å². The van der Waals surface area contributed by atoms with Crippen LogP contribution in [0, 0.1) is 0 Å². The number of hydrogen-bond acceptors (Lipinski definition) is 4. The van der Waals surface area contributed by atoms with E-state index in [4.69, 9.17) is 14.5 Å². The third-order valence-electron chi connectivity index (χ3n) is 4.92. The molecule has 6 nitrogen and oxygen atoms in total. The van der Waals surface area contributed by atoms with Crippen LogP contribution >= 0.6 is 0 Å². The van der Waals surface area contributed by atoms with Crippen LogP contribution in [0.25, 0.3) is 0 Å². The van der Waals surface area contributed by atoms with Crippen LogP contribution in [0.3, 0.4) is 0 Å². The number of ether oxygens (including phenoxy) is 2. The summed E-state index contributed by atoms with van der Waals surface area (Å²) >= 11 is 0. The molecule has 0 aromatic heterocycles. The van der Waals surface area contributed by atoms with Crippen LogP contribution in [0.4, 0.5) is 0 Å². The van der Waals surface area contributed by atoms with E-state index < -0.39 is 0 Å². The minimum absolute atomic E-state index is 0.480. The fraction of sp³-hybridized carbons (Fsp3) is 0.667. The number of hydrogen-bond donors (Lipinski definition) is 2. The molecule has 0 aliphatic heterocycles. The van der Waals surface area contributed by atoms with Crippen molar-refractivity contribution in [2.24, 2.45) is 4.99 Å². The van der Waals surface area contributed by atoms with Gasteiger partial charge in [0.05, 0.1) is 13.7 Å². The molecule has 0 bridgehead atoms. The number of aliphatic imine (C=N–C) groups is 1. The average Bonchev–Trinajstić information content (AvgIpc) is 3.54. The molecule has 6 heteroatoms. The predicted octanol–water partition coefficient (Wildman–Crippen LogP) is 2.64. The molecule has 1 atom stereocenters. The van der Waals surface area contributed by atoms with Crippen LogP contribution in [0.5, 0.6) is 5.75 Å². The molecule has 0 heterocycles. The van der Waals surface area contributed by atoms with Crippen molar-refractivity contribution in [2.75, 3.05) is 40.5 Å². The maximum Gasteiger partial charge on any atom is 0.191 e. The summed E-state index contributed by atoms with van der Waals surface area (Å²) in [6.07, 6.45) is 3.62. The van der Waals surface area contributed by atoms with E-state index in [1.165, 1.54) is 12.8 Å². The van der Waals surface area contributed by atoms with Crippen molar-refractivity contribution < 1.29 is 9.47 Å². The highest BCUT2D eigenvalue weighted by atomic mass is 16.5. The van der Waals surface area contributed by atoms with E-state index in [9.17, 15) is 0 Å². The molecule has 1 fully saturated rings. The first-order valence-corrected chi connectivity index (χ1v) is 10.1. The number of nitrogens with one attached hydrogen (secondary N) is 2. The van der Waals surface area contributed by atoms with Gasteiger partial charge in [0.25, 0.3) is 0 Å². The Hall–Kier alpha value is -1.79. The van der Waals surface area contributed by atoms with Crippen molar-refractivity contribution >= 4 is 5.96 Å². The molecule has 1 aromatic carbocycles. The fourth-order valence-corrected chi connectivity index (χ4v) is 2.83. The molecule has 0 spiro atoms. The second kappa shape index (κ2) is 11.8. The normalized spacial score (nSPS) is 15.7. The molecule has 1 unspecified atom stereocenters. The second-order valence-electron chi connectivity index (χ2n) is 7.12. The van der Waals surface area contributed by atoms with E-state index in [0.717, 1.165) is 56.0 Å². The minimum Gasteiger partial charge on any atom is -0.497 e. The van der Waals surface area contributed by atoms with Gasteiger partial charge in [0.1, 0.15) is 5.75 Å². The molecule has 0 saturated heterocycles. The molecule has 0 amide bonds. The average molecular weight is 377 g/mol. The molecule has 1 aliphatic carbocycles. The maximum absolute atomic E-state index is 5.41. The van der Waals surface area contributed by atoms with E-state index in [-0.39, 0.29) is 0 Å². The Morgan fingerprint density at radius 1 is 1.26 bits per heavy atom. The molecule has 0 radical (unpaired) electrons. The highest BCUT2D eigenvalue weighted by Gasteiger charge is 2.28. The fourth-order valence-electron chi connectivity index (χ4n) is 2.83. The first kappa shape index (κ1) is 21.5. The van der Waals surface area contributed by atoms with E-state index in [0.29, 0.717) is 12.6 Å². The Bertz CT molecular complexity index is 558. The van der Waals surface area contributed by atoms with Crippen LogP contribution in [0.15, 0.2) is 29.3 Å². The largest absolute Gasteiger partial charge is 0.497 e. The molecule has 1 aromatic rings. The molecular formula is C21H36N4O2. The molecule has 1 saturated carbocycles. The van der Waals surface area contributed by atoms with Gasteiger partial charge in [-0.1, -0.05) is 12.1 Å². The van der Waals surface area contributed by atoms with E-state index in [2.05, 4.69) is 41.6 Å². The highest BCUT2D eigenvalue weighted by Crippen LogP contribution is 2.26. The minimum atomic E-state index is 0.480. The Morgan fingerprint density at radius 3 is 2.63 bits per heavy atom. The Kier molecular flexibility index (Phi) is 9.42. The number of nitrogens with zero attached hydrogens (tertiary/aromatic N) is 2. The zero-order valence-corrected chi connectivity index (χ0v) is 17.3. The summed E-state index contributed by atoms with van der Waals surface area (Å²) in [5.41, 5.74) is 1.16. The van der Waals surface area contributed by atoms with Crippen molar-refractivity contribution in [1.82, 2.24) is 15.5 Å². The zero-order valence-electron chi connectivity index (χ0n) is 17.3. The lowest BCUT2D eigenvalue weighted by atomic mass is 10.2. The number of likely N-dealkylation sites (N-methyl/N-ethyl adjacent to an activating group) is 1. The maximum atomic E-state index is 5.41. The monoisotopic (exact) mass is 376 g/mol.